The molecule has 1 aromatic carbocycles. The highest BCUT2D eigenvalue weighted by atomic mass is 19.3. The first-order valence-electron chi connectivity index (χ1n) is 8.16. The number of piperidine rings is 1. The van der Waals surface area contributed by atoms with E-state index in [1.165, 1.54) is 18.3 Å². The van der Waals surface area contributed by atoms with Gasteiger partial charge in [-0.3, -0.25) is 4.98 Å². The first-order chi connectivity index (χ1) is 12.0. The van der Waals surface area contributed by atoms with Gasteiger partial charge in [-0.05, 0) is 42.8 Å². The number of hydrogen-bond donors (Lipinski definition) is 2. The van der Waals surface area contributed by atoms with Crippen molar-refractivity contribution >= 4 is 0 Å². The van der Waals surface area contributed by atoms with Crippen LogP contribution >= 0.6 is 0 Å². The zero-order valence-corrected chi connectivity index (χ0v) is 13.5. The van der Waals surface area contributed by atoms with Crippen LogP contribution in [0.2, 0.25) is 0 Å². The van der Waals surface area contributed by atoms with Crippen molar-refractivity contribution in [2.75, 3.05) is 13.1 Å². The Morgan fingerprint density at radius 2 is 2.00 bits per heavy atom. The zero-order valence-electron chi connectivity index (χ0n) is 13.5. The second-order valence-corrected chi connectivity index (χ2v) is 6.14. The Hall–Kier alpha value is -1.99. The van der Waals surface area contributed by atoms with Gasteiger partial charge in [0.1, 0.15) is 0 Å². The average Bonchev–Trinajstić information content (AvgIpc) is 2.63. The quantitative estimate of drug-likeness (QED) is 0.808. The van der Waals surface area contributed by atoms with Gasteiger partial charge in [0.15, 0.2) is 11.6 Å². The molecule has 0 amide bonds. The van der Waals surface area contributed by atoms with Gasteiger partial charge in [0, 0.05) is 36.8 Å². The summed E-state index contributed by atoms with van der Waals surface area (Å²) in [5.41, 5.74) is 1.29. The van der Waals surface area contributed by atoms with Gasteiger partial charge < -0.3 is 10.6 Å². The van der Waals surface area contributed by atoms with Gasteiger partial charge in [-0.2, -0.15) is 0 Å². The maximum Gasteiger partial charge on any atom is 0.265 e. The van der Waals surface area contributed by atoms with Crippen molar-refractivity contribution in [1.82, 2.24) is 15.6 Å². The fourth-order valence-corrected chi connectivity index (χ4v) is 3.12. The minimum atomic E-state index is -2.53. The van der Waals surface area contributed by atoms with Crippen molar-refractivity contribution in [3.63, 3.8) is 0 Å². The summed E-state index contributed by atoms with van der Waals surface area (Å²) in [5, 5.41) is 6.61. The molecule has 3 rings (SSSR count). The van der Waals surface area contributed by atoms with E-state index in [0.29, 0.717) is 18.8 Å². The van der Waals surface area contributed by atoms with E-state index in [4.69, 9.17) is 0 Å². The molecular formula is C18H19F4N3. The van der Waals surface area contributed by atoms with E-state index < -0.39 is 18.1 Å². The highest BCUT2D eigenvalue weighted by Gasteiger charge is 2.26. The monoisotopic (exact) mass is 353 g/mol. The van der Waals surface area contributed by atoms with Gasteiger partial charge in [0.05, 0.1) is 5.69 Å². The van der Waals surface area contributed by atoms with E-state index in [1.807, 2.05) is 0 Å². The molecule has 3 nitrogen and oxygen atoms in total. The fourth-order valence-electron chi connectivity index (χ4n) is 3.12. The van der Waals surface area contributed by atoms with Crippen LogP contribution in [0.25, 0.3) is 0 Å². The summed E-state index contributed by atoms with van der Waals surface area (Å²) in [4.78, 5) is 4.04. The molecule has 1 fully saturated rings. The summed E-state index contributed by atoms with van der Waals surface area (Å²) < 4.78 is 51.8. The molecule has 1 saturated heterocycles. The fraction of sp³-hybridized carbons (Fsp3) is 0.389. The van der Waals surface area contributed by atoms with Crippen LogP contribution in [0.3, 0.4) is 0 Å². The van der Waals surface area contributed by atoms with E-state index in [0.717, 1.165) is 24.6 Å². The van der Waals surface area contributed by atoms with Gasteiger partial charge in [0.25, 0.3) is 6.43 Å². The number of nitrogens with one attached hydrogen (secondary N) is 2. The first-order valence-corrected chi connectivity index (χ1v) is 8.16. The number of pyridine rings is 1. The Labute approximate surface area is 143 Å². The van der Waals surface area contributed by atoms with Crippen molar-refractivity contribution in [3.8, 4) is 0 Å². The first kappa shape index (κ1) is 17.8. The summed E-state index contributed by atoms with van der Waals surface area (Å²) >= 11 is 0. The zero-order chi connectivity index (χ0) is 17.8. The third-order valence-corrected chi connectivity index (χ3v) is 4.50. The predicted molar refractivity (Wildman–Crippen MR) is 86.4 cm³/mol. The molecule has 7 heteroatoms. The maximum atomic E-state index is 13.5. The normalized spacial score (nSPS) is 20.8. The predicted octanol–water partition coefficient (Wildman–Crippen LogP) is 3.53. The molecule has 2 atom stereocenters. The molecule has 1 aromatic heterocycles. The number of halogens is 4. The Balaban J connectivity index is 1.67. The third kappa shape index (κ3) is 4.35. The molecule has 2 aromatic rings. The molecular weight excluding hydrogens is 334 g/mol. The minimum Gasteiger partial charge on any atom is -0.315 e. The van der Waals surface area contributed by atoms with Crippen molar-refractivity contribution in [2.45, 2.75) is 31.4 Å². The number of alkyl halides is 2. The number of hydrogen-bond acceptors (Lipinski definition) is 3. The summed E-state index contributed by atoms with van der Waals surface area (Å²) in [7, 11) is 0. The summed E-state index contributed by atoms with van der Waals surface area (Å²) in [6, 6.07) is 6.94. The molecule has 134 valence electrons. The van der Waals surface area contributed by atoms with Gasteiger partial charge in [-0.25, -0.2) is 17.6 Å². The van der Waals surface area contributed by atoms with E-state index >= 15 is 0 Å². The summed E-state index contributed by atoms with van der Waals surface area (Å²) in [6.45, 7) is 1.89. The van der Waals surface area contributed by atoms with E-state index in [2.05, 4.69) is 15.6 Å². The topological polar surface area (TPSA) is 37.0 Å². The van der Waals surface area contributed by atoms with Gasteiger partial charge in [-0.1, -0.05) is 6.07 Å². The van der Waals surface area contributed by atoms with Crippen LogP contribution in [-0.2, 0) is 6.54 Å². The van der Waals surface area contributed by atoms with Crippen LogP contribution in [0.15, 0.2) is 36.5 Å². The molecule has 0 radical (unpaired) electrons. The second kappa shape index (κ2) is 7.93. The largest absolute Gasteiger partial charge is 0.315 e. The number of nitrogens with zero attached hydrogens (tertiary/aromatic N) is 1. The molecule has 2 N–H and O–H groups in total. The smallest absolute Gasteiger partial charge is 0.265 e. The maximum absolute atomic E-state index is 13.5. The molecule has 1 aliphatic heterocycles. The standard InChI is InChI=1S/C18H19F4N3/c19-15-4-2-11(7-16(15)20)14-5-6-23-10-17(14)25-9-13-3-1-12(8-24-13)18(21)22/h1-4,7-8,14,17-18,23,25H,5-6,9-10H2/t14-,17-/m1/s1. The van der Waals surface area contributed by atoms with Crippen LogP contribution in [0.5, 0.6) is 0 Å². The van der Waals surface area contributed by atoms with E-state index in [9.17, 15) is 17.6 Å². The minimum absolute atomic E-state index is 0.00943. The number of aromatic nitrogens is 1. The Morgan fingerprint density at radius 1 is 1.16 bits per heavy atom. The van der Waals surface area contributed by atoms with Gasteiger partial charge in [-0.15, -0.1) is 0 Å². The lowest BCUT2D eigenvalue weighted by molar-refractivity contribution is 0.151. The molecule has 0 bridgehead atoms. The van der Waals surface area contributed by atoms with E-state index in [-0.39, 0.29) is 17.5 Å². The average molecular weight is 353 g/mol. The summed E-state index contributed by atoms with van der Waals surface area (Å²) in [6.07, 6.45) is -0.566. The highest BCUT2D eigenvalue weighted by molar-refractivity contribution is 5.24. The van der Waals surface area contributed by atoms with Gasteiger partial charge >= 0.3 is 0 Å². The Bertz CT molecular complexity index is 706. The van der Waals surface area contributed by atoms with Gasteiger partial charge in [0.2, 0.25) is 0 Å². The SMILES string of the molecule is Fc1ccc([C@H]2CCNC[C@H]2NCc2ccc(C(F)F)cn2)cc1F. The molecule has 25 heavy (non-hydrogen) atoms. The Morgan fingerprint density at radius 3 is 2.68 bits per heavy atom. The van der Waals surface area contributed by atoms with Crippen molar-refractivity contribution in [1.29, 1.82) is 0 Å². The van der Waals surface area contributed by atoms with Crippen LogP contribution in [0, 0.1) is 11.6 Å². The van der Waals surface area contributed by atoms with E-state index in [1.54, 1.807) is 12.1 Å². The molecule has 0 spiro atoms. The van der Waals surface area contributed by atoms with Crippen LogP contribution < -0.4 is 10.6 Å². The van der Waals surface area contributed by atoms with Crippen LogP contribution in [0.1, 0.15) is 35.6 Å². The molecule has 2 heterocycles. The second-order valence-electron chi connectivity index (χ2n) is 6.14. The number of benzene rings is 1. The highest BCUT2D eigenvalue weighted by Crippen LogP contribution is 2.27. The lowest BCUT2D eigenvalue weighted by Crippen LogP contribution is -2.47. The van der Waals surface area contributed by atoms with Crippen molar-refractivity contribution in [2.24, 2.45) is 0 Å². The molecule has 0 aliphatic carbocycles. The molecule has 0 saturated carbocycles. The van der Waals surface area contributed by atoms with Crippen LogP contribution in [0.4, 0.5) is 17.6 Å². The lowest BCUT2D eigenvalue weighted by Gasteiger charge is -2.33. The summed E-state index contributed by atoms with van der Waals surface area (Å²) in [5.74, 6) is -1.67. The molecule has 1 aliphatic rings. The third-order valence-electron chi connectivity index (χ3n) is 4.50. The Kier molecular flexibility index (Phi) is 5.65. The number of rotatable bonds is 5. The van der Waals surface area contributed by atoms with Crippen molar-refractivity contribution in [3.05, 3.63) is 65.0 Å². The van der Waals surface area contributed by atoms with Crippen molar-refractivity contribution < 1.29 is 17.6 Å². The lowest BCUT2D eigenvalue weighted by atomic mass is 9.86. The molecule has 0 unspecified atom stereocenters. The van der Waals surface area contributed by atoms with Crippen LogP contribution in [-0.4, -0.2) is 24.1 Å².